The summed E-state index contributed by atoms with van der Waals surface area (Å²) in [6.45, 7) is 4.55. The second-order valence-corrected chi connectivity index (χ2v) is 5.60. The van der Waals surface area contributed by atoms with E-state index in [4.69, 9.17) is 9.52 Å². The Morgan fingerprint density at radius 3 is 2.89 bits per heavy atom. The summed E-state index contributed by atoms with van der Waals surface area (Å²) in [6, 6.07) is 5.77. The fraction of sp³-hybridized carbons (Fsp3) is 0.429. The molecule has 0 aliphatic rings. The van der Waals surface area contributed by atoms with Crippen LogP contribution in [0.4, 0.5) is 5.69 Å². The fourth-order valence-electron chi connectivity index (χ4n) is 2.28. The molecule has 0 radical (unpaired) electrons. The van der Waals surface area contributed by atoms with Crippen molar-refractivity contribution >= 4 is 22.8 Å². The van der Waals surface area contributed by atoms with E-state index in [2.05, 4.69) is 4.98 Å². The van der Waals surface area contributed by atoms with Gasteiger partial charge in [-0.15, -0.1) is 0 Å². The molecule has 1 aromatic heterocycles. The summed E-state index contributed by atoms with van der Waals surface area (Å²) >= 11 is 0. The molecule has 0 saturated carbocycles. The molecule has 0 aliphatic heterocycles. The number of rotatable bonds is 5. The molecule has 0 bridgehead atoms. The van der Waals surface area contributed by atoms with Crippen LogP contribution in [-0.2, 0) is 4.79 Å². The Labute approximate surface area is 111 Å². The van der Waals surface area contributed by atoms with Gasteiger partial charge in [0.25, 0.3) is 0 Å². The van der Waals surface area contributed by atoms with Gasteiger partial charge in [0.2, 0.25) is 0 Å². The average Bonchev–Trinajstić information content (AvgIpc) is 2.72. The van der Waals surface area contributed by atoms with Crippen LogP contribution < -0.4 is 4.90 Å². The highest BCUT2D eigenvalue weighted by molar-refractivity contribution is 5.77. The van der Waals surface area contributed by atoms with Gasteiger partial charge in [-0.3, -0.25) is 4.79 Å². The minimum absolute atomic E-state index is 0.141. The molecule has 0 saturated heterocycles. The molecular weight excluding hydrogens is 244 g/mol. The third-order valence-corrected chi connectivity index (χ3v) is 3.05. The summed E-state index contributed by atoms with van der Waals surface area (Å²) in [7, 11) is 1.95. The Morgan fingerprint density at radius 2 is 2.21 bits per heavy atom. The number of carboxylic acid groups (broad SMARTS) is 1. The van der Waals surface area contributed by atoms with Gasteiger partial charge in [0.05, 0.1) is 6.42 Å². The van der Waals surface area contributed by atoms with E-state index in [-0.39, 0.29) is 11.8 Å². The SMILES string of the molecule is CN(CC(C)(C)CC(=O)O)c1ccc2ncoc2c1. The number of anilines is 1. The van der Waals surface area contributed by atoms with E-state index < -0.39 is 5.97 Å². The maximum absolute atomic E-state index is 10.8. The molecule has 1 heterocycles. The summed E-state index contributed by atoms with van der Waals surface area (Å²) in [4.78, 5) is 16.9. The lowest BCUT2D eigenvalue weighted by Gasteiger charge is -2.30. The summed E-state index contributed by atoms with van der Waals surface area (Å²) in [6.07, 6.45) is 1.56. The highest BCUT2D eigenvalue weighted by atomic mass is 16.4. The van der Waals surface area contributed by atoms with Crippen LogP contribution in [-0.4, -0.2) is 29.7 Å². The summed E-state index contributed by atoms with van der Waals surface area (Å²) in [5.41, 5.74) is 2.25. The van der Waals surface area contributed by atoms with Crippen molar-refractivity contribution in [2.45, 2.75) is 20.3 Å². The number of benzene rings is 1. The Kier molecular flexibility index (Phi) is 3.46. The van der Waals surface area contributed by atoms with Crippen LogP contribution >= 0.6 is 0 Å². The van der Waals surface area contributed by atoms with Gasteiger partial charge in [-0.2, -0.15) is 0 Å². The molecular formula is C14H18N2O3. The van der Waals surface area contributed by atoms with Crippen molar-refractivity contribution in [3.05, 3.63) is 24.6 Å². The zero-order valence-corrected chi connectivity index (χ0v) is 11.4. The van der Waals surface area contributed by atoms with E-state index in [0.717, 1.165) is 16.8 Å². The van der Waals surface area contributed by atoms with E-state index in [0.29, 0.717) is 6.54 Å². The number of hydrogen-bond donors (Lipinski definition) is 1. The number of hydrogen-bond acceptors (Lipinski definition) is 4. The lowest BCUT2D eigenvalue weighted by molar-refractivity contribution is -0.139. The largest absolute Gasteiger partial charge is 0.481 e. The standard InChI is InChI=1S/C14H18N2O3/c1-14(2,7-13(17)18)8-16(3)10-4-5-11-12(6-10)19-9-15-11/h4-6,9H,7-8H2,1-3H3,(H,17,18). The first kappa shape index (κ1) is 13.4. The maximum atomic E-state index is 10.8. The molecule has 5 heteroatoms. The molecule has 0 atom stereocenters. The van der Waals surface area contributed by atoms with Gasteiger partial charge in [-0.05, 0) is 17.5 Å². The van der Waals surface area contributed by atoms with Crippen LogP contribution in [0.2, 0.25) is 0 Å². The first-order chi connectivity index (χ1) is 8.87. The molecule has 1 N–H and O–H groups in total. The molecule has 0 unspecified atom stereocenters. The Balaban J connectivity index is 2.14. The zero-order valence-electron chi connectivity index (χ0n) is 11.4. The molecule has 0 fully saturated rings. The van der Waals surface area contributed by atoms with Crippen molar-refractivity contribution in [1.82, 2.24) is 4.98 Å². The van der Waals surface area contributed by atoms with Gasteiger partial charge in [0.15, 0.2) is 12.0 Å². The monoisotopic (exact) mass is 262 g/mol. The predicted molar refractivity (Wildman–Crippen MR) is 73.3 cm³/mol. The lowest BCUT2D eigenvalue weighted by Crippen LogP contribution is -2.33. The molecule has 5 nitrogen and oxygen atoms in total. The van der Waals surface area contributed by atoms with Crippen molar-refractivity contribution < 1.29 is 14.3 Å². The molecule has 19 heavy (non-hydrogen) atoms. The molecule has 0 spiro atoms. The first-order valence-electron chi connectivity index (χ1n) is 6.14. The third kappa shape index (κ3) is 3.24. The van der Waals surface area contributed by atoms with Crippen LogP contribution in [0, 0.1) is 5.41 Å². The van der Waals surface area contributed by atoms with Gasteiger partial charge in [-0.25, -0.2) is 4.98 Å². The number of carboxylic acids is 1. The van der Waals surface area contributed by atoms with E-state index in [9.17, 15) is 4.79 Å². The highest BCUT2D eigenvalue weighted by Crippen LogP contribution is 2.26. The van der Waals surface area contributed by atoms with E-state index in [1.54, 1.807) is 0 Å². The van der Waals surface area contributed by atoms with Crippen molar-refractivity contribution in [1.29, 1.82) is 0 Å². The van der Waals surface area contributed by atoms with E-state index in [1.807, 2.05) is 44.0 Å². The predicted octanol–water partition coefficient (Wildman–Crippen LogP) is 2.76. The topological polar surface area (TPSA) is 66.6 Å². The van der Waals surface area contributed by atoms with Crippen molar-refractivity contribution in [2.24, 2.45) is 5.41 Å². The van der Waals surface area contributed by atoms with Crippen molar-refractivity contribution in [3.63, 3.8) is 0 Å². The van der Waals surface area contributed by atoms with Crippen LogP contribution in [0.3, 0.4) is 0 Å². The van der Waals surface area contributed by atoms with Crippen molar-refractivity contribution in [2.75, 3.05) is 18.5 Å². The second-order valence-electron chi connectivity index (χ2n) is 5.60. The van der Waals surface area contributed by atoms with E-state index >= 15 is 0 Å². The maximum Gasteiger partial charge on any atom is 0.303 e. The number of carbonyl (C=O) groups is 1. The van der Waals surface area contributed by atoms with Gasteiger partial charge in [-0.1, -0.05) is 13.8 Å². The fourth-order valence-corrected chi connectivity index (χ4v) is 2.28. The van der Waals surface area contributed by atoms with Crippen LogP contribution in [0.15, 0.2) is 29.0 Å². The molecule has 2 rings (SSSR count). The minimum Gasteiger partial charge on any atom is -0.481 e. The molecule has 102 valence electrons. The Bertz CT molecular complexity index is 589. The molecule has 1 aromatic carbocycles. The quantitative estimate of drug-likeness (QED) is 0.897. The highest BCUT2D eigenvalue weighted by Gasteiger charge is 2.24. The Hall–Kier alpha value is -2.04. The Morgan fingerprint density at radius 1 is 1.47 bits per heavy atom. The van der Waals surface area contributed by atoms with Gasteiger partial charge in [0.1, 0.15) is 5.52 Å². The number of nitrogens with zero attached hydrogens (tertiary/aromatic N) is 2. The summed E-state index contributed by atoms with van der Waals surface area (Å²) in [5.74, 6) is -0.774. The number of oxazole rings is 1. The van der Waals surface area contributed by atoms with Crippen molar-refractivity contribution in [3.8, 4) is 0 Å². The number of aliphatic carboxylic acids is 1. The van der Waals surface area contributed by atoms with Gasteiger partial charge >= 0.3 is 5.97 Å². The average molecular weight is 262 g/mol. The second kappa shape index (κ2) is 4.91. The molecule has 2 aromatic rings. The van der Waals surface area contributed by atoms with Crippen LogP contribution in [0.5, 0.6) is 0 Å². The zero-order chi connectivity index (χ0) is 14.0. The minimum atomic E-state index is -0.774. The van der Waals surface area contributed by atoms with Crippen LogP contribution in [0.1, 0.15) is 20.3 Å². The normalized spacial score (nSPS) is 11.7. The molecule has 0 amide bonds. The lowest BCUT2D eigenvalue weighted by atomic mass is 9.88. The third-order valence-electron chi connectivity index (χ3n) is 3.05. The van der Waals surface area contributed by atoms with Gasteiger partial charge < -0.3 is 14.4 Å². The number of aromatic nitrogens is 1. The summed E-state index contributed by atoms with van der Waals surface area (Å²) < 4.78 is 5.27. The number of fused-ring (bicyclic) bond motifs is 1. The van der Waals surface area contributed by atoms with E-state index in [1.165, 1.54) is 6.39 Å². The van der Waals surface area contributed by atoms with Gasteiger partial charge in [0, 0.05) is 25.3 Å². The smallest absolute Gasteiger partial charge is 0.303 e. The first-order valence-corrected chi connectivity index (χ1v) is 6.14. The van der Waals surface area contributed by atoms with Crippen LogP contribution in [0.25, 0.3) is 11.1 Å². The summed E-state index contributed by atoms with van der Waals surface area (Å²) in [5, 5.41) is 8.90. The molecule has 0 aliphatic carbocycles.